The summed E-state index contributed by atoms with van der Waals surface area (Å²) in [6.07, 6.45) is -4.34. The van der Waals surface area contributed by atoms with Crippen LogP contribution in [0.25, 0.3) is 11.3 Å². The number of aliphatic hydroxyl groups excluding tert-OH is 1. The van der Waals surface area contributed by atoms with Crippen molar-refractivity contribution in [2.75, 3.05) is 11.9 Å². The number of anilines is 1. The average molecular weight is 434 g/mol. The van der Waals surface area contributed by atoms with Crippen molar-refractivity contribution in [1.29, 1.82) is 0 Å². The number of rotatable bonds is 6. The van der Waals surface area contributed by atoms with Gasteiger partial charge in [0, 0.05) is 17.8 Å². The third kappa shape index (κ3) is 6.34. The van der Waals surface area contributed by atoms with Crippen molar-refractivity contribution in [2.45, 2.75) is 12.5 Å². The van der Waals surface area contributed by atoms with Crippen molar-refractivity contribution >= 4 is 17.5 Å². The Balaban J connectivity index is 1.49. The number of ether oxygens (including phenoxy) is 1. The van der Waals surface area contributed by atoms with Crippen LogP contribution < -0.4 is 15.4 Å². The molecule has 3 aromatic rings. The number of benzene rings is 2. The molecule has 0 spiro atoms. The highest BCUT2D eigenvalue weighted by Crippen LogP contribution is 2.24. The molecule has 0 fully saturated rings. The molecular formula is C21H17F3N2O5. The number of carbonyl (C=O) groups is 2. The van der Waals surface area contributed by atoms with Crippen LogP contribution in [0.2, 0.25) is 0 Å². The fourth-order valence-corrected chi connectivity index (χ4v) is 2.63. The van der Waals surface area contributed by atoms with Gasteiger partial charge in [-0.25, -0.2) is 0 Å². The fourth-order valence-electron chi connectivity index (χ4n) is 2.63. The first-order valence-electron chi connectivity index (χ1n) is 8.98. The van der Waals surface area contributed by atoms with E-state index in [2.05, 4.69) is 15.4 Å². The molecule has 0 saturated heterocycles. The van der Waals surface area contributed by atoms with Gasteiger partial charge in [0.15, 0.2) is 0 Å². The predicted molar refractivity (Wildman–Crippen MR) is 104 cm³/mol. The van der Waals surface area contributed by atoms with Crippen LogP contribution in [-0.4, -0.2) is 29.8 Å². The fraction of sp³-hybridized carbons (Fsp3) is 0.143. The second-order valence-corrected chi connectivity index (χ2v) is 6.35. The lowest BCUT2D eigenvalue weighted by Crippen LogP contribution is -2.37. The summed E-state index contributed by atoms with van der Waals surface area (Å²) in [7, 11) is 0. The molecule has 1 atom stereocenters. The Morgan fingerprint density at radius 1 is 1.00 bits per heavy atom. The van der Waals surface area contributed by atoms with E-state index in [0.29, 0.717) is 11.3 Å². The van der Waals surface area contributed by atoms with E-state index in [-0.39, 0.29) is 12.2 Å². The first-order valence-corrected chi connectivity index (χ1v) is 8.98. The van der Waals surface area contributed by atoms with Crippen LogP contribution in [0.5, 0.6) is 5.75 Å². The molecule has 2 amide bonds. The SMILES string of the molecule is O=C(NCC(O)c1ccc(-c2ccco2)cc1)C(=O)Nc1ccc(OC(F)(F)F)cc1. The van der Waals surface area contributed by atoms with Crippen molar-refractivity contribution in [3.63, 3.8) is 0 Å². The monoisotopic (exact) mass is 434 g/mol. The number of alkyl halides is 3. The summed E-state index contributed by atoms with van der Waals surface area (Å²) in [6, 6.07) is 14.7. The van der Waals surface area contributed by atoms with Gasteiger partial charge in [-0.3, -0.25) is 9.59 Å². The molecule has 0 radical (unpaired) electrons. The maximum Gasteiger partial charge on any atom is 0.573 e. The second-order valence-electron chi connectivity index (χ2n) is 6.35. The van der Waals surface area contributed by atoms with Crippen LogP contribution in [0.15, 0.2) is 71.3 Å². The van der Waals surface area contributed by atoms with E-state index in [1.54, 1.807) is 42.7 Å². The smallest absolute Gasteiger partial charge is 0.464 e. The Hall–Kier alpha value is -3.79. The molecule has 0 aliphatic carbocycles. The van der Waals surface area contributed by atoms with Gasteiger partial charge in [0.1, 0.15) is 11.5 Å². The summed E-state index contributed by atoms with van der Waals surface area (Å²) in [5.74, 6) is -1.84. The maximum absolute atomic E-state index is 12.1. The number of hydrogen-bond donors (Lipinski definition) is 3. The standard InChI is InChI=1S/C21H17F3N2O5/c22-21(23,24)31-16-9-7-15(8-10-16)26-20(29)19(28)25-12-17(27)13-3-5-14(6-4-13)18-2-1-11-30-18/h1-11,17,27H,12H2,(H,25,28)(H,26,29). The number of amides is 2. The minimum absolute atomic E-state index is 0.101. The molecule has 3 rings (SSSR count). The molecule has 162 valence electrons. The quantitative estimate of drug-likeness (QED) is 0.515. The molecular weight excluding hydrogens is 417 g/mol. The third-order valence-electron chi connectivity index (χ3n) is 4.11. The zero-order valence-corrected chi connectivity index (χ0v) is 15.8. The maximum atomic E-state index is 12.1. The molecule has 3 N–H and O–H groups in total. The summed E-state index contributed by atoms with van der Waals surface area (Å²) >= 11 is 0. The van der Waals surface area contributed by atoms with E-state index >= 15 is 0 Å². The molecule has 2 aromatic carbocycles. The van der Waals surface area contributed by atoms with E-state index < -0.39 is 30.0 Å². The highest BCUT2D eigenvalue weighted by atomic mass is 19.4. The van der Waals surface area contributed by atoms with Crippen molar-refractivity contribution in [3.8, 4) is 17.1 Å². The lowest BCUT2D eigenvalue weighted by atomic mass is 10.1. The number of hydrogen-bond acceptors (Lipinski definition) is 5. The van der Waals surface area contributed by atoms with Crippen molar-refractivity contribution in [2.24, 2.45) is 0 Å². The van der Waals surface area contributed by atoms with Gasteiger partial charge in [-0.05, 0) is 42.0 Å². The molecule has 1 unspecified atom stereocenters. The van der Waals surface area contributed by atoms with Gasteiger partial charge in [-0.1, -0.05) is 24.3 Å². The summed E-state index contributed by atoms with van der Waals surface area (Å²) in [6.45, 7) is -0.218. The highest BCUT2D eigenvalue weighted by molar-refractivity contribution is 6.39. The largest absolute Gasteiger partial charge is 0.573 e. The number of carbonyl (C=O) groups excluding carboxylic acids is 2. The van der Waals surface area contributed by atoms with Crippen molar-refractivity contribution in [3.05, 3.63) is 72.5 Å². The highest BCUT2D eigenvalue weighted by Gasteiger charge is 2.31. The Morgan fingerprint density at radius 3 is 2.26 bits per heavy atom. The molecule has 7 nitrogen and oxygen atoms in total. The summed E-state index contributed by atoms with van der Waals surface area (Å²) in [4.78, 5) is 23.9. The second kappa shape index (κ2) is 9.35. The molecule has 0 bridgehead atoms. The van der Waals surface area contributed by atoms with Gasteiger partial charge in [-0.15, -0.1) is 13.2 Å². The Bertz CT molecular complexity index is 1020. The van der Waals surface area contributed by atoms with E-state index in [9.17, 15) is 27.9 Å². The number of furan rings is 1. The van der Waals surface area contributed by atoms with Gasteiger partial charge in [0.25, 0.3) is 0 Å². The Morgan fingerprint density at radius 2 is 1.68 bits per heavy atom. The van der Waals surface area contributed by atoms with Gasteiger partial charge >= 0.3 is 18.2 Å². The minimum atomic E-state index is -4.83. The molecule has 31 heavy (non-hydrogen) atoms. The van der Waals surface area contributed by atoms with Gasteiger partial charge < -0.3 is 24.9 Å². The first kappa shape index (κ1) is 21.9. The lowest BCUT2D eigenvalue weighted by molar-refractivity contribution is -0.274. The van der Waals surface area contributed by atoms with Crippen LogP contribution in [0.4, 0.5) is 18.9 Å². The molecule has 10 heteroatoms. The molecule has 0 saturated carbocycles. The summed E-state index contributed by atoms with van der Waals surface area (Å²) in [5, 5.41) is 14.7. The summed E-state index contributed by atoms with van der Waals surface area (Å²) < 4.78 is 45.4. The number of halogens is 3. The molecule has 1 aromatic heterocycles. The average Bonchev–Trinajstić information content (AvgIpc) is 3.27. The zero-order chi connectivity index (χ0) is 22.4. The van der Waals surface area contributed by atoms with Gasteiger partial charge in [-0.2, -0.15) is 0 Å². The lowest BCUT2D eigenvalue weighted by Gasteiger charge is -2.13. The van der Waals surface area contributed by atoms with Crippen LogP contribution >= 0.6 is 0 Å². The van der Waals surface area contributed by atoms with Crippen molar-refractivity contribution in [1.82, 2.24) is 5.32 Å². The molecule has 0 aliphatic heterocycles. The predicted octanol–water partition coefficient (Wildman–Crippen LogP) is 3.63. The van der Waals surface area contributed by atoms with Gasteiger partial charge in [0.2, 0.25) is 0 Å². The first-order chi connectivity index (χ1) is 14.7. The van der Waals surface area contributed by atoms with Crippen LogP contribution in [0.1, 0.15) is 11.7 Å². The Labute approximate surface area is 174 Å². The number of aliphatic hydroxyl groups is 1. The molecule has 0 aliphatic rings. The van der Waals surface area contributed by atoms with Crippen LogP contribution in [0.3, 0.4) is 0 Å². The number of nitrogens with one attached hydrogen (secondary N) is 2. The summed E-state index contributed by atoms with van der Waals surface area (Å²) in [5.41, 5.74) is 1.44. The normalized spacial score (nSPS) is 12.1. The topological polar surface area (TPSA) is 101 Å². The third-order valence-corrected chi connectivity index (χ3v) is 4.11. The van der Waals surface area contributed by atoms with E-state index in [4.69, 9.17) is 4.42 Å². The van der Waals surface area contributed by atoms with E-state index in [1.807, 2.05) is 0 Å². The van der Waals surface area contributed by atoms with Crippen LogP contribution in [0, 0.1) is 0 Å². The van der Waals surface area contributed by atoms with Gasteiger partial charge in [0.05, 0.1) is 12.4 Å². The van der Waals surface area contributed by atoms with E-state index in [1.165, 1.54) is 0 Å². The molecule has 1 heterocycles. The Kier molecular flexibility index (Phi) is 6.61. The minimum Gasteiger partial charge on any atom is -0.464 e. The zero-order valence-electron chi connectivity index (χ0n) is 15.8. The van der Waals surface area contributed by atoms with E-state index in [0.717, 1.165) is 29.8 Å². The van der Waals surface area contributed by atoms with Crippen LogP contribution in [-0.2, 0) is 9.59 Å². The van der Waals surface area contributed by atoms with Crippen molar-refractivity contribution < 1.29 is 37.0 Å².